The number of ether oxygens (including phenoxy) is 2. The summed E-state index contributed by atoms with van der Waals surface area (Å²) in [5.41, 5.74) is 1.65. The number of fused-ring (bicyclic) bond motifs is 1. The Kier molecular flexibility index (Phi) is 3.97. The molecular weight excluding hydrogens is 346 g/mol. The fraction of sp³-hybridized carbons (Fsp3) is 0.450. The smallest absolute Gasteiger partial charge is 0.262 e. The maximum absolute atomic E-state index is 11.4. The van der Waals surface area contributed by atoms with Crippen molar-refractivity contribution >= 4 is 23.7 Å². The maximum atomic E-state index is 11.4. The molecule has 1 aliphatic carbocycles. The van der Waals surface area contributed by atoms with E-state index in [2.05, 4.69) is 15.5 Å². The molecule has 1 N–H and O–H groups in total. The highest BCUT2D eigenvalue weighted by Crippen LogP contribution is 2.46. The van der Waals surface area contributed by atoms with E-state index in [1.165, 1.54) is 6.42 Å². The lowest BCUT2D eigenvalue weighted by molar-refractivity contribution is -0.134. The molecule has 3 aliphatic rings. The topological polar surface area (TPSA) is 86.5 Å². The van der Waals surface area contributed by atoms with Gasteiger partial charge in [0, 0.05) is 18.6 Å². The zero-order chi connectivity index (χ0) is 18.3. The van der Waals surface area contributed by atoms with Crippen LogP contribution < -0.4 is 10.1 Å². The summed E-state index contributed by atoms with van der Waals surface area (Å²) in [5.74, 6) is 2.09. The van der Waals surface area contributed by atoms with Crippen molar-refractivity contribution in [3.05, 3.63) is 35.5 Å². The number of carbonyl (C=O) groups is 1. The van der Waals surface area contributed by atoms with Gasteiger partial charge in [-0.2, -0.15) is 4.98 Å². The summed E-state index contributed by atoms with van der Waals surface area (Å²) in [5, 5.41) is 6.99. The number of carbonyl (C=O) groups excluding carboxylic acids is 1. The fourth-order valence-corrected chi connectivity index (χ4v) is 4.02. The lowest BCUT2D eigenvalue weighted by atomic mass is 9.72. The van der Waals surface area contributed by atoms with E-state index in [0.29, 0.717) is 23.2 Å². The Morgan fingerprint density at radius 2 is 2.19 bits per heavy atom. The molecule has 1 aromatic carbocycles. The van der Waals surface area contributed by atoms with Crippen molar-refractivity contribution in [1.29, 1.82) is 0 Å². The summed E-state index contributed by atoms with van der Waals surface area (Å²) in [6.45, 7) is 0.827. The van der Waals surface area contributed by atoms with Gasteiger partial charge in [-0.1, -0.05) is 11.2 Å². The number of hydrogen-bond donors (Lipinski definition) is 1. The highest BCUT2D eigenvalue weighted by Gasteiger charge is 2.43. The number of amides is 1. The van der Waals surface area contributed by atoms with Crippen LogP contribution in [-0.2, 0) is 9.53 Å². The highest BCUT2D eigenvalue weighted by molar-refractivity contribution is 5.95. The zero-order valence-electron chi connectivity index (χ0n) is 14.9. The standard InChI is InChI=1S/C20H21N3O4/c24-17-12-25-16-4-2-13(10-15(16)21-17)3-5-18-22-19(23-27-18)14-6-9-26-20(11-14)7-1-8-20/h2-5,10,14H,1,6-9,11-12H2,(H,21,24)/b5-3+. The quantitative estimate of drug-likeness (QED) is 0.895. The van der Waals surface area contributed by atoms with Gasteiger partial charge in [0.05, 0.1) is 11.3 Å². The van der Waals surface area contributed by atoms with Crippen LogP contribution in [-0.4, -0.2) is 34.9 Å². The predicted molar refractivity (Wildman–Crippen MR) is 98.3 cm³/mol. The average Bonchev–Trinajstić information content (AvgIpc) is 3.14. The SMILES string of the molecule is O=C1COc2ccc(/C=C/c3nc(C4CCOC5(CCC5)C4)no3)cc2N1. The molecule has 1 unspecified atom stereocenters. The molecule has 27 heavy (non-hydrogen) atoms. The van der Waals surface area contributed by atoms with Gasteiger partial charge in [0.15, 0.2) is 12.4 Å². The Balaban J connectivity index is 1.29. The monoisotopic (exact) mass is 367 g/mol. The molecular formula is C20H21N3O4. The van der Waals surface area contributed by atoms with Crippen LogP contribution in [0.25, 0.3) is 12.2 Å². The Morgan fingerprint density at radius 1 is 1.26 bits per heavy atom. The van der Waals surface area contributed by atoms with E-state index in [0.717, 1.165) is 43.7 Å². The predicted octanol–water partition coefficient (Wildman–Crippen LogP) is 3.39. The first-order valence-corrected chi connectivity index (χ1v) is 9.42. The number of anilines is 1. The number of hydrogen-bond acceptors (Lipinski definition) is 6. The number of nitrogens with zero attached hydrogens (tertiary/aromatic N) is 2. The summed E-state index contributed by atoms with van der Waals surface area (Å²) in [7, 11) is 0. The van der Waals surface area contributed by atoms with Gasteiger partial charge in [-0.25, -0.2) is 0 Å². The molecule has 2 fully saturated rings. The van der Waals surface area contributed by atoms with Gasteiger partial charge in [0.2, 0.25) is 0 Å². The first kappa shape index (κ1) is 16.5. The summed E-state index contributed by atoms with van der Waals surface area (Å²) in [4.78, 5) is 16.0. The summed E-state index contributed by atoms with van der Waals surface area (Å²) >= 11 is 0. The molecule has 7 nitrogen and oxygen atoms in total. The summed E-state index contributed by atoms with van der Waals surface area (Å²) in [6.07, 6.45) is 9.14. The van der Waals surface area contributed by atoms with Crippen LogP contribution in [0.5, 0.6) is 5.75 Å². The van der Waals surface area contributed by atoms with Crippen LogP contribution in [0.2, 0.25) is 0 Å². The van der Waals surface area contributed by atoms with Gasteiger partial charge < -0.3 is 19.3 Å². The van der Waals surface area contributed by atoms with E-state index >= 15 is 0 Å². The number of aromatic nitrogens is 2. The molecule has 7 heteroatoms. The number of rotatable bonds is 3. The van der Waals surface area contributed by atoms with Crippen LogP contribution in [0.4, 0.5) is 5.69 Å². The van der Waals surface area contributed by atoms with Gasteiger partial charge in [-0.05, 0) is 55.9 Å². The first-order chi connectivity index (χ1) is 13.2. The second-order valence-electron chi connectivity index (χ2n) is 7.49. The lowest BCUT2D eigenvalue weighted by Crippen LogP contribution is -2.45. The van der Waals surface area contributed by atoms with Crippen LogP contribution in [0.3, 0.4) is 0 Å². The highest BCUT2D eigenvalue weighted by atomic mass is 16.5. The minimum atomic E-state index is -0.147. The van der Waals surface area contributed by atoms with E-state index in [-0.39, 0.29) is 18.1 Å². The van der Waals surface area contributed by atoms with Gasteiger partial charge in [0.25, 0.3) is 11.8 Å². The van der Waals surface area contributed by atoms with Crippen molar-refractivity contribution in [3.8, 4) is 5.75 Å². The van der Waals surface area contributed by atoms with Crippen molar-refractivity contribution in [2.75, 3.05) is 18.5 Å². The van der Waals surface area contributed by atoms with Crippen LogP contribution in [0.1, 0.15) is 55.3 Å². The van der Waals surface area contributed by atoms with Crippen LogP contribution in [0.15, 0.2) is 22.7 Å². The van der Waals surface area contributed by atoms with Gasteiger partial charge in [0.1, 0.15) is 5.75 Å². The minimum absolute atomic E-state index is 0.0560. The van der Waals surface area contributed by atoms with Gasteiger partial charge in [-0.3, -0.25) is 4.79 Å². The van der Waals surface area contributed by atoms with E-state index in [1.807, 2.05) is 24.3 Å². The Morgan fingerprint density at radius 3 is 3.04 bits per heavy atom. The van der Waals surface area contributed by atoms with Gasteiger partial charge >= 0.3 is 0 Å². The molecule has 2 aromatic rings. The molecule has 1 spiro atoms. The molecule has 1 amide bonds. The summed E-state index contributed by atoms with van der Waals surface area (Å²) in [6, 6.07) is 5.62. The number of nitrogens with one attached hydrogen (secondary N) is 1. The molecule has 1 atom stereocenters. The largest absolute Gasteiger partial charge is 0.482 e. The fourth-order valence-electron chi connectivity index (χ4n) is 4.02. The Hall–Kier alpha value is -2.67. The lowest BCUT2D eigenvalue weighted by Gasteiger charge is -2.46. The molecule has 1 saturated heterocycles. The molecule has 2 aliphatic heterocycles. The molecule has 140 valence electrons. The normalized spacial score (nSPS) is 23.6. The van der Waals surface area contributed by atoms with Crippen molar-refractivity contribution in [3.63, 3.8) is 0 Å². The maximum Gasteiger partial charge on any atom is 0.262 e. The minimum Gasteiger partial charge on any atom is -0.482 e. The second-order valence-corrected chi connectivity index (χ2v) is 7.49. The molecule has 1 saturated carbocycles. The summed E-state index contributed by atoms with van der Waals surface area (Å²) < 4.78 is 16.8. The van der Waals surface area contributed by atoms with Gasteiger partial charge in [-0.15, -0.1) is 0 Å². The first-order valence-electron chi connectivity index (χ1n) is 9.42. The van der Waals surface area contributed by atoms with E-state index in [4.69, 9.17) is 14.0 Å². The molecule has 5 rings (SSSR count). The Bertz CT molecular complexity index is 900. The third-order valence-corrected chi connectivity index (χ3v) is 5.64. The van der Waals surface area contributed by atoms with Crippen molar-refractivity contribution in [2.24, 2.45) is 0 Å². The third-order valence-electron chi connectivity index (χ3n) is 5.64. The molecule has 1 aromatic heterocycles. The van der Waals surface area contributed by atoms with Crippen molar-refractivity contribution in [1.82, 2.24) is 10.1 Å². The third kappa shape index (κ3) is 3.23. The average molecular weight is 367 g/mol. The molecule has 3 heterocycles. The zero-order valence-corrected chi connectivity index (χ0v) is 14.9. The van der Waals surface area contributed by atoms with E-state index in [9.17, 15) is 4.79 Å². The molecule has 0 bridgehead atoms. The van der Waals surface area contributed by atoms with Crippen LogP contribution >= 0.6 is 0 Å². The van der Waals surface area contributed by atoms with Crippen molar-refractivity contribution in [2.45, 2.75) is 43.6 Å². The van der Waals surface area contributed by atoms with Crippen molar-refractivity contribution < 1.29 is 18.8 Å². The van der Waals surface area contributed by atoms with E-state index in [1.54, 1.807) is 6.08 Å². The van der Waals surface area contributed by atoms with E-state index < -0.39 is 0 Å². The van der Waals surface area contributed by atoms with Crippen LogP contribution in [0, 0.1) is 0 Å². The second kappa shape index (κ2) is 6.49. The Labute approximate surface area is 156 Å². The molecule has 0 radical (unpaired) electrons. The number of benzene rings is 1.